The summed E-state index contributed by atoms with van der Waals surface area (Å²) in [5.74, 6) is -2.01. The van der Waals surface area contributed by atoms with Gasteiger partial charge in [-0.05, 0) is 44.0 Å². The molecule has 2 unspecified atom stereocenters. The van der Waals surface area contributed by atoms with Crippen LogP contribution in [0, 0.1) is 17.6 Å². The smallest absolute Gasteiger partial charge is 0.176 e. The Labute approximate surface area is 110 Å². The summed E-state index contributed by atoms with van der Waals surface area (Å²) in [7, 11) is 0. The van der Waals surface area contributed by atoms with E-state index in [0.717, 1.165) is 25.1 Å². The van der Waals surface area contributed by atoms with E-state index in [1.807, 2.05) is 4.90 Å². The molecular weight excluding hydrogens is 252 g/mol. The highest BCUT2D eigenvalue weighted by Crippen LogP contribution is 2.20. The van der Waals surface area contributed by atoms with Gasteiger partial charge < -0.3 is 5.11 Å². The molecule has 5 heteroatoms. The van der Waals surface area contributed by atoms with E-state index in [0.29, 0.717) is 6.54 Å². The third-order valence-corrected chi connectivity index (χ3v) is 3.60. The van der Waals surface area contributed by atoms with Crippen molar-refractivity contribution >= 4 is 5.78 Å². The van der Waals surface area contributed by atoms with Crippen molar-refractivity contribution in [1.29, 1.82) is 0 Å². The van der Waals surface area contributed by atoms with Crippen molar-refractivity contribution in [3.8, 4) is 0 Å². The van der Waals surface area contributed by atoms with Crippen molar-refractivity contribution < 1.29 is 18.7 Å². The second-order valence-electron chi connectivity index (χ2n) is 5.08. The Morgan fingerprint density at radius 1 is 1.47 bits per heavy atom. The standard InChI is InChI=1S/C14H17F2NO2/c1-9(18)11-4-5-17(7-11)8-14(19)10-2-3-12(15)13(16)6-10/h2-3,6,9,11,18H,4-5,7-8H2,1H3. The summed E-state index contributed by atoms with van der Waals surface area (Å²) in [5.41, 5.74) is 0.180. The minimum absolute atomic E-state index is 0.175. The summed E-state index contributed by atoms with van der Waals surface area (Å²) in [5, 5.41) is 9.49. The van der Waals surface area contributed by atoms with Crippen LogP contribution >= 0.6 is 0 Å². The number of likely N-dealkylation sites (tertiary alicyclic amines) is 1. The van der Waals surface area contributed by atoms with Gasteiger partial charge in [0.15, 0.2) is 17.4 Å². The fourth-order valence-electron chi connectivity index (χ4n) is 2.36. The van der Waals surface area contributed by atoms with Crippen LogP contribution in [0.5, 0.6) is 0 Å². The molecule has 3 nitrogen and oxygen atoms in total. The van der Waals surface area contributed by atoms with Crippen molar-refractivity contribution in [3.05, 3.63) is 35.4 Å². The number of nitrogens with zero attached hydrogens (tertiary/aromatic N) is 1. The predicted octanol–water partition coefficient (Wildman–Crippen LogP) is 1.85. The second kappa shape index (κ2) is 5.75. The molecule has 19 heavy (non-hydrogen) atoms. The average molecular weight is 269 g/mol. The van der Waals surface area contributed by atoms with Crippen LogP contribution in [0.15, 0.2) is 18.2 Å². The maximum atomic E-state index is 13.0. The van der Waals surface area contributed by atoms with E-state index in [4.69, 9.17) is 0 Å². The minimum Gasteiger partial charge on any atom is -0.393 e. The van der Waals surface area contributed by atoms with E-state index in [-0.39, 0.29) is 29.9 Å². The van der Waals surface area contributed by atoms with Crippen LogP contribution in [0.3, 0.4) is 0 Å². The number of hydrogen-bond donors (Lipinski definition) is 1. The van der Waals surface area contributed by atoms with Gasteiger partial charge in [-0.2, -0.15) is 0 Å². The highest BCUT2D eigenvalue weighted by Gasteiger charge is 2.27. The molecule has 1 saturated heterocycles. The molecule has 1 heterocycles. The molecule has 0 radical (unpaired) electrons. The molecule has 0 aliphatic carbocycles. The van der Waals surface area contributed by atoms with E-state index < -0.39 is 11.6 Å². The largest absolute Gasteiger partial charge is 0.393 e. The molecule has 2 atom stereocenters. The molecule has 1 fully saturated rings. The Bertz CT molecular complexity index is 477. The summed E-state index contributed by atoms with van der Waals surface area (Å²) in [4.78, 5) is 13.9. The Balaban J connectivity index is 1.96. The molecule has 0 amide bonds. The number of rotatable bonds is 4. The number of aliphatic hydroxyl groups is 1. The van der Waals surface area contributed by atoms with Crippen LogP contribution in [0.4, 0.5) is 8.78 Å². The van der Waals surface area contributed by atoms with Crippen molar-refractivity contribution in [3.63, 3.8) is 0 Å². The Morgan fingerprint density at radius 3 is 2.79 bits per heavy atom. The van der Waals surface area contributed by atoms with Gasteiger partial charge in [0.1, 0.15) is 0 Å². The number of benzene rings is 1. The monoisotopic (exact) mass is 269 g/mol. The lowest BCUT2D eigenvalue weighted by molar-refractivity contribution is 0.0925. The van der Waals surface area contributed by atoms with Gasteiger partial charge in [0.2, 0.25) is 0 Å². The van der Waals surface area contributed by atoms with Crippen LogP contribution in [-0.4, -0.2) is 41.5 Å². The summed E-state index contributed by atoms with van der Waals surface area (Å²) in [6.07, 6.45) is 0.464. The highest BCUT2D eigenvalue weighted by molar-refractivity contribution is 5.97. The third kappa shape index (κ3) is 3.36. The Kier molecular flexibility index (Phi) is 4.27. The second-order valence-corrected chi connectivity index (χ2v) is 5.08. The molecular formula is C14H17F2NO2. The molecule has 1 aliphatic heterocycles. The van der Waals surface area contributed by atoms with Crippen molar-refractivity contribution in [2.24, 2.45) is 5.92 Å². The molecule has 2 rings (SSSR count). The predicted molar refractivity (Wildman–Crippen MR) is 66.9 cm³/mol. The van der Waals surface area contributed by atoms with Crippen molar-refractivity contribution in [2.45, 2.75) is 19.4 Å². The van der Waals surface area contributed by atoms with Crippen molar-refractivity contribution in [1.82, 2.24) is 4.90 Å². The summed E-state index contributed by atoms with van der Waals surface area (Å²) < 4.78 is 25.8. The number of aliphatic hydroxyl groups excluding tert-OH is 1. The zero-order chi connectivity index (χ0) is 14.0. The Morgan fingerprint density at radius 2 is 2.21 bits per heavy atom. The van der Waals surface area contributed by atoms with Gasteiger partial charge in [0.25, 0.3) is 0 Å². The Hall–Kier alpha value is -1.33. The average Bonchev–Trinajstić information content (AvgIpc) is 2.81. The SMILES string of the molecule is CC(O)C1CCN(CC(=O)c2ccc(F)c(F)c2)C1. The first kappa shape index (κ1) is 14.1. The van der Waals surface area contributed by atoms with Gasteiger partial charge >= 0.3 is 0 Å². The molecule has 1 aromatic rings. The van der Waals surface area contributed by atoms with Gasteiger partial charge in [0.05, 0.1) is 12.6 Å². The van der Waals surface area contributed by atoms with Crippen LogP contribution in [0.1, 0.15) is 23.7 Å². The number of carbonyl (C=O) groups excluding carboxylic acids is 1. The number of halogens is 2. The molecule has 1 aliphatic rings. The lowest BCUT2D eigenvalue weighted by Crippen LogP contribution is -2.29. The topological polar surface area (TPSA) is 40.5 Å². The first-order valence-electron chi connectivity index (χ1n) is 6.36. The molecule has 1 aromatic carbocycles. The van der Waals surface area contributed by atoms with Crippen molar-refractivity contribution in [2.75, 3.05) is 19.6 Å². The van der Waals surface area contributed by atoms with E-state index >= 15 is 0 Å². The molecule has 1 N–H and O–H groups in total. The number of hydrogen-bond acceptors (Lipinski definition) is 3. The highest BCUT2D eigenvalue weighted by atomic mass is 19.2. The van der Waals surface area contributed by atoms with Crippen LogP contribution < -0.4 is 0 Å². The number of Topliss-reactive ketones (excluding diaryl/α,β-unsaturated/α-hetero) is 1. The van der Waals surface area contributed by atoms with E-state index in [1.54, 1.807) is 6.92 Å². The molecule has 0 aromatic heterocycles. The molecule has 0 bridgehead atoms. The maximum absolute atomic E-state index is 13.0. The molecule has 0 saturated carbocycles. The third-order valence-electron chi connectivity index (χ3n) is 3.60. The normalized spacial score (nSPS) is 21.6. The summed E-state index contributed by atoms with van der Waals surface area (Å²) in [6, 6.07) is 3.19. The lowest BCUT2D eigenvalue weighted by Gasteiger charge is -2.16. The quantitative estimate of drug-likeness (QED) is 0.848. The van der Waals surface area contributed by atoms with Gasteiger partial charge in [-0.3, -0.25) is 9.69 Å². The van der Waals surface area contributed by atoms with E-state index in [1.165, 1.54) is 6.07 Å². The fraction of sp³-hybridized carbons (Fsp3) is 0.500. The van der Waals surface area contributed by atoms with Gasteiger partial charge in [-0.25, -0.2) is 8.78 Å². The first-order valence-corrected chi connectivity index (χ1v) is 6.36. The summed E-state index contributed by atoms with van der Waals surface area (Å²) >= 11 is 0. The molecule has 104 valence electrons. The lowest BCUT2D eigenvalue weighted by atomic mass is 10.0. The van der Waals surface area contributed by atoms with Gasteiger partial charge in [0, 0.05) is 12.1 Å². The van der Waals surface area contributed by atoms with Gasteiger partial charge in [-0.1, -0.05) is 0 Å². The van der Waals surface area contributed by atoms with Crippen LogP contribution in [0.25, 0.3) is 0 Å². The number of ketones is 1. The zero-order valence-corrected chi connectivity index (χ0v) is 10.8. The van der Waals surface area contributed by atoms with Crippen LogP contribution in [-0.2, 0) is 0 Å². The van der Waals surface area contributed by atoms with E-state index in [9.17, 15) is 18.7 Å². The minimum atomic E-state index is -1.01. The first-order chi connectivity index (χ1) is 8.97. The fourth-order valence-corrected chi connectivity index (χ4v) is 2.36. The summed E-state index contributed by atoms with van der Waals surface area (Å²) in [6.45, 7) is 3.32. The maximum Gasteiger partial charge on any atom is 0.176 e. The molecule has 0 spiro atoms. The van der Waals surface area contributed by atoms with Gasteiger partial charge in [-0.15, -0.1) is 0 Å². The zero-order valence-electron chi connectivity index (χ0n) is 10.8. The number of carbonyl (C=O) groups is 1. The van der Waals surface area contributed by atoms with E-state index in [2.05, 4.69) is 0 Å². The van der Waals surface area contributed by atoms with Crippen LogP contribution in [0.2, 0.25) is 0 Å².